The molecule has 0 amide bonds. The van der Waals surface area contributed by atoms with Crippen molar-refractivity contribution in [3.8, 4) is 5.75 Å². The smallest absolute Gasteiger partial charge is 0.259 e. The average Bonchev–Trinajstić information content (AvgIpc) is 3.10. The molecule has 2 aromatic rings. The zero-order chi connectivity index (χ0) is 17.7. The van der Waals surface area contributed by atoms with E-state index in [0.29, 0.717) is 0 Å². The Hall–Kier alpha value is -1.54. The Bertz CT molecular complexity index is 920. The van der Waals surface area contributed by atoms with Crippen molar-refractivity contribution in [2.75, 3.05) is 5.75 Å². The van der Waals surface area contributed by atoms with Crippen LogP contribution in [0.5, 0.6) is 5.75 Å². The molecular weight excluding hydrogens is 430 g/mol. The molecule has 1 saturated heterocycles. The Balaban J connectivity index is 1.62. The minimum Gasteiger partial charge on any atom is -0.452 e. The molecular formula is C19H16BrN3OS2. The second-order valence-electron chi connectivity index (χ2n) is 6.45. The van der Waals surface area contributed by atoms with Crippen molar-refractivity contribution >= 4 is 49.9 Å². The fraction of sp³-hybridized carbons (Fsp3) is 0.211. The molecule has 26 heavy (non-hydrogen) atoms. The van der Waals surface area contributed by atoms with E-state index in [0.717, 1.165) is 43.5 Å². The van der Waals surface area contributed by atoms with Crippen molar-refractivity contribution in [2.24, 2.45) is 0 Å². The Morgan fingerprint density at radius 3 is 2.88 bits per heavy atom. The van der Waals surface area contributed by atoms with E-state index in [1.165, 1.54) is 0 Å². The highest BCUT2D eigenvalue weighted by Gasteiger charge is 2.52. The zero-order valence-electron chi connectivity index (χ0n) is 13.7. The summed E-state index contributed by atoms with van der Waals surface area (Å²) in [5.74, 6) is 1.13. The van der Waals surface area contributed by atoms with Crippen molar-refractivity contribution < 1.29 is 4.74 Å². The molecule has 2 N–H and O–H groups in total. The lowest BCUT2D eigenvalue weighted by molar-refractivity contribution is -0.143. The summed E-state index contributed by atoms with van der Waals surface area (Å²) in [6.45, 7) is 0. The van der Waals surface area contributed by atoms with Gasteiger partial charge in [-0.2, -0.15) is 5.01 Å². The van der Waals surface area contributed by atoms with Gasteiger partial charge in [-0.1, -0.05) is 70.2 Å². The first-order chi connectivity index (χ1) is 12.6. The summed E-state index contributed by atoms with van der Waals surface area (Å²) in [4.78, 5) is 0. The number of nitrogens with one attached hydrogen (secondary N) is 2. The van der Waals surface area contributed by atoms with Crippen LogP contribution in [-0.4, -0.2) is 20.9 Å². The predicted octanol–water partition coefficient (Wildman–Crippen LogP) is 4.41. The van der Waals surface area contributed by atoms with Gasteiger partial charge in [0.1, 0.15) is 10.1 Å². The van der Waals surface area contributed by atoms with E-state index in [2.05, 4.69) is 68.1 Å². The number of hydrazine groups is 1. The lowest BCUT2D eigenvalue weighted by atomic mass is 10.0. The summed E-state index contributed by atoms with van der Waals surface area (Å²) in [7, 11) is 0. The number of fused-ring (bicyclic) bond motifs is 4. The minimum atomic E-state index is -0.680. The minimum absolute atomic E-state index is 0.0601. The van der Waals surface area contributed by atoms with Crippen molar-refractivity contribution in [2.45, 2.75) is 18.3 Å². The van der Waals surface area contributed by atoms with Crippen LogP contribution in [-0.2, 0) is 0 Å². The Kier molecular flexibility index (Phi) is 4.01. The molecule has 3 heterocycles. The first-order valence-electron chi connectivity index (χ1n) is 8.41. The molecule has 2 unspecified atom stereocenters. The maximum Gasteiger partial charge on any atom is 0.259 e. The van der Waals surface area contributed by atoms with Gasteiger partial charge >= 0.3 is 0 Å². The average molecular weight is 446 g/mol. The largest absolute Gasteiger partial charge is 0.452 e. The molecule has 0 radical (unpaired) electrons. The van der Waals surface area contributed by atoms with Gasteiger partial charge in [0, 0.05) is 22.2 Å². The van der Waals surface area contributed by atoms with Crippen LogP contribution in [0.1, 0.15) is 23.6 Å². The molecule has 5 rings (SSSR count). The highest BCUT2D eigenvalue weighted by Crippen LogP contribution is 2.47. The molecule has 2 atom stereocenters. The third-order valence-electron chi connectivity index (χ3n) is 4.86. The van der Waals surface area contributed by atoms with Gasteiger partial charge in [0.15, 0.2) is 0 Å². The van der Waals surface area contributed by atoms with E-state index in [4.69, 9.17) is 17.0 Å². The maximum atomic E-state index is 6.48. The Morgan fingerprint density at radius 2 is 2.08 bits per heavy atom. The number of thioether (sulfide) groups is 1. The monoisotopic (exact) mass is 445 g/mol. The number of hydrogen-bond acceptors (Lipinski definition) is 5. The van der Waals surface area contributed by atoms with Gasteiger partial charge in [-0.25, -0.2) is 0 Å². The van der Waals surface area contributed by atoms with Crippen LogP contribution in [0, 0.1) is 0 Å². The summed E-state index contributed by atoms with van der Waals surface area (Å²) < 4.78 is 8.29. The summed E-state index contributed by atoms with van der Waals surface area (Å²) in [6.07, 6.45) is 3.09. The van der Waals surface area contributed by atoms with Gasteiger partial charge in [-0.05, 0) is 29.8 Å². The van der Waals surface area contributed by atoms with Crippen molar-refractivity contribution in [3.63, 3.8) is 0 Å². The molecule has 3 aliphatic heterocycles. The van der Waals surface area contributed by atoms with Gasteiger partial charge < -0.3 is 15.5 Å². The second-order valence-corrected chi connectivity index (χ2v) is 9.14. The lowest BCUT2D eigenvalue weighted by Gasteiger charge is -2.50. The van der Waals surface area contributed by atoms with Crippen LogP contribution in [0.4, 0.5) is 0 Å². The number of rotatable bonds is 1. The summed E-state index contributed by atoms with van der Waals surface area (Å²) >= 11 is 10.7. The van der Waals surface area contributed by atoms with Crippen LogP contribution in [0.2, 0.25) is 0 Å². The van der Waals surface area contributed by atoms with E-state index in [1.54, 1.807) is 11.8 Å². The number of nitrogens with zero attached hydrogens (tertiary/aromatic N) is 1. The summed E-state index contributed by atoms with van der Waals surface area (Å²) in [6, 6.07) is 16.6. The summed E-state index contributed by atoms with van der Waals surface area (Å²) in [5.41, 5.74) is 6.94. The van der Waals surface area contributed by atoms with E-state index in [1.807, 2.05) is 18.2 Å². The van der Waals surface area contributed by atoms with Crippen molar-refractivity contribution in [1.82, 2.24) is 15.8 Å². The fourth-order valence-electron chi connectivity index (χ4n) is 3.66. The van der Waals surface area contributed by atoms with E-state index < -0.39 is 5.85 Å². The van der Waals surface area contributed by atoms with Gasteiger partial charge in [0.2, 0.25) is 0 Å². The highest BCUT2D eigenvalue weighted by molar-refractivity contribution is 9.10. The molecule has 132 valence electrons. The normalized spacial score (nSPS) is 27.0. The summed E-state index contributed by atoms with van der Waals surface area (Å²) in [5, 5.41) is 5.58. The number of hydrogen-bond donors (Lipinski definition) is 2. The Morgan fingerprint density at radius 1 is 1.23 bits per heavy atom. The molecule has 1 fully saturated rings. The molecule has 0 aliphatic carbocycles. The standard InChI is InChI=1S/C19H16BrN3OS2/c20-13-6-7-17-14(10-13)16-11-15(12-4-2-1-3-5-12)22-23(16)19(24-17)8-9-26-18(25)21-19/h1-7,10-11,16,22H,8-9H2,(H,21,25). The number of thiocarbonyl (C=S) groups is 1. The van der Waals surface area contributed by atoms with Gasteiger partial charge in [0.05, 0.1) is 11.7 Å². The quantitative estimate of drug-likeness (QED) is 0.633. The molecule has 1 spiro atoms. The fourth-order valence-corrected chi connectivity index (χ4v) is 5.25. The molecule has 3 aliphatic rings. The lowest BCUT2D eigenvalue weighted by Crippen LogP contribution is -2.69. The first kappa shape index (κ1) is 16.6. The van der Waals surface area contributed by atoms with Crippen LogP contribution < -0.4 is 15.5 Å². The highest BCUT2D eigenvalue weighted by atomic mass is 79.9. The SMILES string of the molecule is S=C1NC2(CCS1)Oc1ccc(Br)cc1C1C=C(c3ccccc3)NN12. The van der Waals surface area contributed by atoms with Crippen LogP contribution in [0.3, 0.4) is 0 Å². The molecule has 0 saturated carbocycles. The molecule has 4 nitrogen and oxygen atoms in total. The van der Waals surface area contributed by atoms with E-state index in [9.17, 15) is 0 Å². The van der Waals surface area contributed by atoms with E-state index in [-0.39, 0.29) is 6.04 Å². The van der Waals surface area contributed by atoms with Gasteiger partial charge in [-0.3, -0.25) is 0 Å². The number of halogens is 1. The van der Waals surface area contributed by atoms with Crippen molar-refractivity contribution in [1.29, 1.82) is 0 Å². The van der Waals surface area contributed by atoms with Crippen LogP contribution in [0.25, 0.3) is 5.70 Å². The molecule has 2 aromatic carbocycles. The molecule has 0 bridgehead atoms. The van der Waals surface area contributed by atoms with Gasteiger partial charge in [-0.15, -0.1) is 0 Å². The third-order valence-corrected chi connectivity index (χ3v) is 6.58. The number of ether oxygens (including phenoxy) is 1. The second kappa shape index (κ2) is 6.27. The van der Waals surface area contributed by atoms with Crippen LogP contribution in [0.15, 0.2) is 59.1 Å². The van der Waals surface area contributed by atoms with Crippen LogP contribution >= 0.6 is 39.9 Å². The first-order valence-corrected chi connectivity index (χ1v) is 10.6. The molecule has 0 aromatic heterocycles. The van der Waals surface area contributed by atoms with Crippen molar-refractivity contribution in [3.05, 3.63) is 70.2 Å². The van der Waals surface area contributed by atoms with E-state index >= 15 is 0 Å². The zero-order valence-corrected chi connectivity index (χ0v) is 17.0. The predicted molar refractivity (Wildman–Crippen MR) is 112 cm³/mol. The van der Waals surface area contributed by atoms with Gasteiger partial charge in [0.25, 0.3) is 5.85 Å². The Labute approximate surface area is 170 Å². The maximum absolute atomic E-state index is 6.48. The third kappa shape index (κ3) is 2.65. The molecule has 7 heteroatoms. The topological polar surface area (TPSA) is 36.5 Å². The number of benzene rings is 2.